The second-order valence-electron chi connectivity index (χ2n) is 8.16. The van der Waals surface area contributed by atoms with Crippen LogP contribution in [0.4, 0.5) is 0 Å². The molecule has 0 saturated carbocycles. The highest BCUT2D eigenvalue weighted by molar-refractivity contribution is 5.79. The lowest BCUT2D eigenvalue weighted by Gasteiger charge is -2.51. The number of hydrogen-bond acceptors (Lipinski definition) is 3. The van der Waals surface area contributed by atoms with Crippen molar-refractivity contribution >= 4 is 5.91 Å². The summed E-state index contributed by atoms with van der Waals surface area (Å²) in [5, 5.41) is 0. The first-order chi connectivity index (χ1) is 11.5. The van der Waals surface area contributed by atoms with Gasteiger partial charge < -0.3 is 9.80 Å². The molecule has 5 rings (SSSR count). The van der Waals surface area contributed by atoms with Crippen molar-refractivity contribution in [3.63, 3.8) is 0 Å². The van der Waals surface area contributed by atoms with Crippen molar-refractivity contribution in [1.29, 1.82) is 0 Å². The number of rotatable bonds is 3. The number of amides is 1. The fourth-order valence-electron chi connectivity index (χ4n) is 5.17. The van der Waals surface area contributed by atoms with E-state index in [1.54, 1.807) is 0 Å². The van der Waals surface area contributed by atoms with Crippen molar-refractivity contribution in [1.82, 2.24) is 14.7 Å². The molecule has 0 radical (unpaired) electrons. The van der Waals surface area contributed by atoms with Gasteiger partial charge in [-0.1, -0.05) is 29.8 Å². The number of piperidine rings is 3. The van der Waals surface area contributed by atoms with Gasteiger partial charge in [-0.25, -0.2) is 0 Å². The molecule has 0 unspecified atom stereocenters. The van der Waals surface area contributed by atoms with Gasteiger partial charge in [0.15, 0.2) is 0 Å². The SMILES string of the molecule is Cc1ccc([C@@H]2CN(C(=O)CN(C)C)[C@@H]3C4CCN(CC4)[C@@H]32)cc1. The van der Waals surface area contributed by atoms with E-state index in [0.29, 0.717) is 36.4 Å². The van der Waals surface area contributed by atoms with Crippen LogP contribution in [0.5, 0.6) is 0 Å². The lowest BCUT2D eigenvalue weighted by molar-refractivity contribution is -0.136. The second-order valence-corrected chi connectivity index (χ2v) is 8.16. The molecule has 4 heterocycles. The molecule has 0 aromatic heterocycles. The Kier molecular flexibility index (Phi) is 4.13. The zero-order valence-electron chi connectivity index (χ0n) is 15.1. The minimum atomic E-state index is 0.304. The van der Waals surface area contributed by atoms with Crippen molar-refractivity contribution in [3.8, 4) is 0 Å². The van der Waals surface area contributed by atoms with Crippen molar-refractivity contribution in [3.05, 3.63) is 35.4 Å². The van der Waals surface area contributed by atoms with Gasteiger partial charge in [0.2, 0.25) is 5.91 Å². The Labute approximate surface area is 145 Å². The van der Waals surface area contributed by atoms with Gasteiger partial charge >= 0.3 is 0 Å². The standard InChI is InChI=1S/C20H29N3O/c1-14-4-6-15(7-5-14)17-12-23(18(24)13-21(2)3)19-16-8-10-22(11-9-16)20(17)19/h4-7,16-17,19-20H,8-13H2,1-3H3/t17-,19+,20+/m0/s1. The first kappa shape index (κ1) is 16.1. The summed E-state index contributed by atoms with van der Waals surface area (Å²) in [5.74, 6) is 1.46. The van der Waals surface area contributed by atoms with E-state index in [1.165, 1.54) is 37.1 Å². The summed E-state index contributed by atoms with van der Waals surface area (Å²) in [6.07, 6.45) is 2.51. The topological polar surface area (TPSA) is 26.8 Å². The Morgan fingerprint density at radius 1 is 1.12 bits per heavy atom. The quantitative estimate of drug-likeness (QED) is 0.849. The van der Waals surface area contributed by atoms with Crippen LogP contribution in [0.25, 0.3) is 0 Å². The summed E-state index contributed by atoms with van der Waals surface area (Å²) in [4.78, 5) is 19.8. The molecule has 0 aliphatic carbocycles. The Balaban J connectivity index is 1.66. The van der Waals surface area contributed by atoms with Gasteiger partial charge in [-0.3, -0.25) is 9.69 Å². The van der Waals surface area contributed by atoms with Crippen LogP contribution in [-0.2, 0) is 4.79 Å². The van der Waals surface area contributed by atoms with Crippen LogP contribution >= 0.6 is 0 Å². The number of carbonyl (C=O) groups excluding carboxylic acids is 1. The van der Waals surface area contributed by atoms with Crippen molar-refractivity contribution in [2.45, 2.75) is 37.8 Å². The predicted octanol–water partition coefficient (Wildman–Crippen LogP) is 1.95. The van der Waals surface area contributed by atoms with E-state index in [-0.39, 0.29) is 0 Å². The highest BCUT2D eigenvalue weighted by Crippen LogP contribution is 2.46. The monoisotopic (exact) mass is 327 g/mol. The Morgan fingerprint density at radius 3 is 2.42 bits per heavy atom. The first-order valence-electron chi connectivity index (χ1n) is 9.29. The van der Waals surface area contributed by atoms with E-state index in [4.69, 9.17) is 0 Å². The molecule has 2 bridgehead atoms. The molecule has 1 aromatic carbocycles. The normalized spacial score (nSPS) is 34.7. The lowest BCUT2D eigenvalue weighted by atomic mass is 9.75. The molecule has 1 amide bonds. The van der Waals surface area contributed by atoms with Gasteiger partial charge in [0.1, 0.15) is 0 Å². The number of aryl methyl sites for hydroxylation is 1. The third-order valence-electron chi connectivity index (χ3n) is 6.27. The van der Waals surface area contributed by atoms with Crippen LogP contribution in [-0.4, -0.2) is 73.0 Å². The molecular formula is C20H29N3O. The molecule has 0 spiro atoms. The van der Waals surface area contributed by atoms with E-state index in [9.17, 15) is 4.79 Å². The average molecular weight is 327 g/mol. The van der Waals surface area contributed by atoms with Gasteiger partial charge in [0.25, 0.3) is 0 Å². The molecule has 3 atom stereocenters. The number of likely N-dealkylation sites (N-methyl/N-ethyl adjacent to an activating group) is 1. The Hall–Kier alpha value is -1.39. The van der Waals surface area contributed by atoms with Crippen LogP contribution in [0.3, 0.4) is 0 Å². The third kappa shape index (κ3) is 2.66. The molecule has 4 heteroatoms. The van der Waals surface area contributed by atoms with Crippen molar-refractivity contribution < 1.29 is 4.79 Å². The summed E-state index contributed by atoms with van der Waals surface area (Å²) < 4.78 is 0. The van der Waals surface area contributed by atoms with Gasteiger partial charge in [0.05, 0.1) is 12.6 Å². The zero-order chi connectivity index (χ0) is 16.8. The van der Waals surface area contributed by atoms with Gasteiger partial charge in [-0.2, -0.15) is 0 Å². The van der Waals surface area contributed by atoms with Gasteiger partial charge in [0, 0.05) is 18.5 Å². The summed E-state index contributed by atoms with van der Waals surface area (Å²) in [6.45, 7) is 5.97. The number of benzene rings is 1. The van der Waals surface area contributed by atoms with Crippen LogP contribution in [0.1, 0.15) is 29.9 Å². The smallest absolute Gasteiger partial charge is 0.237 e. The summed E-state index contributed by atoms with van der Waals surface area (Å²) in [6, 6.07) is 9.93. The molecule has 130 valence electrons. The largest absolute Gasteiger partial charge is 0.336 e. The maximum atomic E-state index is 12.9. The maximum absolute atomic E-state index is 12.9. The molecular weight excluding hydrogens is 298 g/mol. The number of hydrogen-bond donors (Lipinski definition) is 0. The molecule has 4 nitrogen and oxygen atoms in total. The fraction of sp³-hybridized carbons (Fsp3) is 0.650. The van der Waals surface area contributed by atoms with E-state index in [2.05, 4.69) is 41.0 Å². The molecule has 4 saturated heterocycles. The average Bonchev–Trinajstić information content (AvgIpc) is 2.99. The summed E-state index contributed by atoms with van der Waals surface area (Å²) >= 11 is 0. The minimum absolute atomic E-state index is 0.304. The van der Waals surface area contributed by atoms with Crippen molar-refractivity contribution in [2.24, 2.45) is 5.92 Å². The van der Waals surface area contributed by atoms with E-state index in [1.807, 2.05) is 19.0 Å². The lowest BCUT2D eigenvalue weighted by Crippen LogP contribution is -2.61. The maximum Gasteiger partial charge on any atom is 0.237 e. The highest BCUT2D eigenvalue weighted by Gasteiger charge is 2.54. The minimum Gasteiger partial charge on any atom is -0.336 e. The van der Waals surface area contributed by atoms with Crippen LogP contribution in [0, 0.1) is 12.8 Å². The van der Waals surface area contributed by atoms with Gasteiger partial charge in [-0.05, 0) is 58.4 Å². The fourth-order valence-corrected chi connectivity index (χ4v) is 5.17. The summed E-state index contributed by atoms with van der Waals surface area (Å²) in [5.41, 5.74) is 2.71. The van der Waals surface area contributed by atoms with E-state index < -0.39 is 0 Å². The van der Waals surface area contributed by atoms with Crippen molar-refractivity contribution in [2.75, 3.05) is 40.3 Å². The highest BCUT2D eigenvalue weighted by atomic mass is 16.2. The Morgan fingerprint density at radius 2 is 1.79 bits per heavy atom. The summed E-state index contributed by atoms with van der Waals surface area (Å²) in [7, 11) is 3.97. The molecule has 24 heavy (non-hydrogen) atoms. The third-order valence-corrected chi connectivity index (χ3v) is 6.27. The number of nitrogens with zero attached hydrogens (tertiary/aromatic N) is 3. The first-order valence-corrected chi connectivity index (χ1v) is 9.29. The van der Waals surface area contributed by atoms with Crippen LogP contribution in [0.15, 0.2) is 24.3 Å². The number of fused-ring (bicyclic) bond motifs is 2. The van der Waals surface area contributed by atoms with Crippen LogP contribution in [0.2, 0.25) is 0 Å². The van der Waals surface area contributed by atoms with Crippen LogP contribution < -0.4 is 0 Å². The molecule has 4 aliphatic rings. The second kappa shape index (κ2) is 6.16. The number of carbonyl (C=O) groups is 1. The Bertz CT molecular complexity index is 604. The van der Waals surface area contributed by atoms with Gasteiger partial charge in [-0.15, -0.1) is 0 Å². The number of likely N-dealkylation sites (tertiary alicyclic amines) is 1. The molecule has 4 fully saturated rings. The van der Waals surface area contributed by atoms with E-state index in [0.717, 1.165) is 6.54 Å². The zero-order valence-corrected chi connectivity index (χ0v) is 15.1. The predicted molar refractivity (Wildman–Crippen MR) is 96.1 cm³/mol. The molecule has 4 aliphatic heterocycles. The molecule has 1 aromatic rings. The molecule has 0 N–H and O–H groups in total. The van der Waals surface area contributed by atoms with E-state index >= 15 is 0 Å².